The number of carboxylic acid groups (broad SMARTS) is 2. The Morgan fingerprint density at radius 1 is 1.13 bits per heavy atom. The van der Waals surface area contributed by atoms with Crippen LogP contribution in [0.2, 0.25) is 0 Å². The van der Waals surface area contributed by atoms with Gasteiger partial charge in [-0.1, -0.05) is 19.1 Å². The Labute approximate surface area is 174 Å². The number of aliphatic carboxylic acids is 2. The standard InChI is InChI=1S/C19H18N2O10/c1-4-31-18(26)19(17(24)25)10(3)13(16(22)23)9(2)15(21(29)30)14(19)11-7-5-6-8-12(11)20(27)28/h5-8,10H,4H2,1-3H3,(H,22,23)(H,24,25). The first kappa shape index (κ1) is 23.2. The molecule has 0 saturated carbocycles. The highest BCUT2D eigenvalue weighted by Gasteiger charge is 2.64. The molecule has 0 aliphatic heterocycles. The number of carbonyl (C=O) groups is 3. The summed E-state index contributed by atoms with van der Waals surface area (Å²) >= 11 is 0. The van der Waals surface area contributed by atoms with Crippen molar-refractivity contribution in [1.82, 2.24) is 0 Å². The lowest BCUT2D eigenvalue weighted by Crippen LogP contribution is -2.51. The highest BCUT2D eigenvalue weighted by Crippen LogP contribution is 2.54. The van der Waals surface area contributed by atoms with Gasteiger partial charge < -0.3 is 14.9 Å². The van der Waals surface area contributed by atoms with Gasteiger partial charge in [0.05, 0.1) is 33.2 Å². The van der Waals surface area contributed by atoms with E-state index in [4.69, 9.17) is 4.74 Å². The number of nitrogens with zero attached hydrogens (tertiary/aromatic N) is 2. The molecule has 2 rings (SSSR count). The summed E-state index contributed by atoms with van der Waals surface area (Å²) in [7, 11) is 0. The van der Waals surface area contributed by atoms with Gasteiger partial charge in [0.2, 0.25) is 5.41 Å². The van der Waals surface area contributed by atoms with Crippen molar-refractivity contribution >= 4 is 29.2 Å². The maximum atomic E-state index is 13.0. The van der Waals surface area contributed by atoms with Gasteiger partial charge in [0.1, 0.15) is 0 Å². The summed E-state index contributed by atoms with van der Waals surface area (Å²) in [5.41, 5.74) is -7.01. The van der Waals surface area contributed by atoms with E-state index in [9.17, 15) is 44.8 Å². The molecule has 0 radical (unpaired) electrons. The van der Waals surface area contributed by atoms with E-state index < -0.39 is 72.8 Å². The number of ether oxygens (including phenoxy) is 1. The average Bonchev–Trinajstić information content (AvgIpc) is 2.66. The van der Waals surface area contributed by atoms with Gasteiger partial charge in [0, 0.05) is 17.6 Å². The zero-order valence-corrected chi connectivity index (χ0v) is 16.6. The lowest BCUT2D eigenvalue weighted by atomic mass is 9.60. The number of nitro benzene ring substituents is 1. The number of hydrogen-bond acceptors (Lipinski definition) is 8. The number of hydrogen-bond donors (Lipinski definition) is 2. The first-order chi connectivity index (χ1) is 14.4. The normalized spacial score (nSPS) is 20.9. The molecule has 1 aromatic rings. The summed E-state index contributed by atoms with van der Waals surface area (Å²) in [5, 5.41) is 43.4. The molecule has 1 aromatic carbocycles. The monoisotopic (exact) mass is 434 g/mol. The summed E-state index contributed by atoms with van der Waals surface area (Å²) in [6, 6.07) is 4.60. The van der Waals surface area contributed by atoms with Crippen LogP contribution in [0.5, 0.6) is 0 Å². The van der Waals surface area contributed by atoms with E-state index >= 15 is 0 Å². The predicted molar refractivity (Wildman–Crippen MR) is 103 cm³/mol. The summed E-state index contributed by atoms with van der Waals surface area (Å²) in [6.45, 7) is 3.24. The minimum Gasteiger partial charge on any atom is -0.480 e. The van der Waals surface area contributed by atoms with Crippen LogP contribution in [0.4, 0.5) is 5.69 Å². The number of esters is 1. The van der Waals surface area contributed by atoms with Gasteiger partial charge in [-0.2, -0.15) is 0 Å². The predicted octanol–water partition coefficient (Wildman–Crippen LogP) is 2.27. The number of allylic oxidation sites excluding steroid dienone is 1. The Balaban J connectivity index is 3.24. The van der Waals surface area contributed by atoms with E-state index in [0.29, 0.717) is 0 Å². The van der Waals surface area contributed by atoms with Gasteiger partial charge in [-0.3, -0.25) is 29.8 Å². The van der Waals surface area contributed by atoms with Crippen LogP contribution in [0.15, 0.2) is 41.1 Å². The van der Waals surface area contributed by atoms with Gasteiger partial charge in [-0.05, 0) is 19.9 Å². The number of carboxylic acids is 2. The molecule has 0 bridgehead atoms. The molecule has 31 heavy (non-hydrogen) atoms. The van der Waals surface area contributed by atoms with Gasteiger partial charge in [-0.15, -0.1) is 0 Å². The minimum absolute atomic E-state index is 0.316. The van der Waals surface area contributed by atoms with Crippen molar-refractivity contribution in [2.24, 2.45) is 11.3 Å². The third-order valence-electron chi connectivity index (χ3n) is 5.19. The number of nitro groups is 2. The first-order valence-electron chi connectivity index (χ1n) is 8.92. The van der Waals surface area contributed by atoms with Crippen molar-refractivity contribution < 1.29 is 39.2 Å². The van der Waals surface area contributed by atoms with Crippen LogP contribution in [0, 0.1) is 31.6 Å². The van der Waals surface area contributed by atoms with E-state index in [-0.39, 0.29) is 6.61 Å². The van der Waals surface area contributed by atoms with Crippen molar-refractivity contribution in [1.29, 1.82) is 0 Å². The SMILES string of the molecule is CCOC(=O)C1(C(=O)O)C(c2ccccc2[N+](=O)[O-])=C([N+](=O)[O-])C(C)=C(C(=O)O)C1C. The Hall–Kier alpha value is -4.09. The molecular weight excluding hydrogens is 416 g/mol. The molecule has 0 aromatic heterocycles. The molecule has 0 amide bonds. The molecular formula is C19H18N2O10. The van der Waals surface area contributed by atoms with E-state index in [1.54, 1.807) is 0 Å². The molecule has 2 atom stereocenters. The van der Waals surface area contributed by atoms with E-state index in [1.807, 2.05) is 0 Å². The molecule has 12 nitrogen and oxygen atoms in total. The van der Waals surface area contributed by atoms with Crippen molar-refractivity contribution in [2.45, 2.75) is 20.8 Å². The van der Waals surface area contributed by atoms with Crippen LogP contribution in [0.3, 0.4) is 0 Å². The third-order valence-corrected chi connectivity index (χ3v) is 5.19. The number of carbonyl (C=O) groups excluding carboxylic acids is 1. The van der Waals surface area contributed by atoms with E-state index in [1.165, 1.54) is 19.1 Å². The van der Waals surface area contributed by atoms with Gasteiger partial charge >= 0.3 is 17.9 Å². The fourth-order valence-corrected chi connectivity index (χ4v) is 3.92. The molecule has 12 heteroatoms. The third kappa shape index (κ3) is 3.41. The van der Waals surface area contributed by atoms with Gasteiger partial charge in [0.15, 0.2) is 0 Å². The summed E-state index contributed by atoms with van der Waals surface area (Å²) in [6.07, 6.45) is 0. The van der Waals surface area contributed by atoms with Crippen LogP contribution in [-0.2, 0) is 19.1 Å². The Morgan fingerprint density at radius 3 is 2.16 bits per heavy atom. The van der Waals surface area contributed by atoms with Gasteiger partial charge in [-0.25, -0.2) is 4.79 Å². The molecule has 0 spiro atoms. The largest absolute Gasteiger partial charge is 0.480 e. The molecule has 1 aliphatic carbocycles. The molecule has 0 saturated heterocycles. The molecule has 0 fully saturated rings. The number of rotatable bonds is 7. The molecule has 1 aliphatic rings. The Bertz CT molecular complexity index is 1070. The van der Waals surface area contributed by atoms with E-state index in [0.717, 1.165) is 26.0 Å². The lowest BCUT2D eigenvalue weighted by Gasteiger charge is -2.38. The zero-order chi connectivity index (χ0) is 23.7. The topological polar surface area (TPSA) is 187 Å². The second-order valence-corrected chi connectivity index (χ2v) is 6.65. The second kappa shape index (κ2) is 8.34. The van der Waals surface area contributed by atoms with Crippen molar-refractivity contribution in [3.05, 3.63) is 66.9 Å². The summed E-state index contributed by atoms with van der Waals surface area (Å²) in [4.78, 5) is 59.2. The number of benzene rings is 1. The maximum Gasteiger partial charge on any atom is 0.332 e. The van der Waals surface area contributed by atoms with Crippen LogP contribution in [0.1, 0.15) is 26.3 Å². The average molecular weight is 434 g/mol. The summed E-state index contributed by atoms with van der Waals surface area (Å²) in [5.74, 6) is -6.72. The van der Waals surface area contributed by atoms with Crippen LogP contribution in [-0.4, -0.2) is 44.6 Å². The maximum absolute atomic E-state index is 13.0. The van der Waals surface area contributed by atoms with Crippen LogP contribution >= 0.6 is 0 Å². The van der Waals surface area contributed by atoms with Gasteiger partial charge in [0.25, 0.3) is 11.4 Å². The highest BCUT2D eigenvalue weighted by atomic mass is 16.6. The van der Waals surface area contributed by atoms with Crippen molar-refractivity contribution in [3.8, 4) is 0 Å². The highest BCUT2D eigenvalue weighted by molar-refractivity contribution is 6.15. The van der Waals surface area contributed by atoms with Crippen molar-refractivity contribution in [2.75, 3.05) is 6.61 Å². The Morgan fingerprint density at radius 2 is 1.71 bits per heavy atom. The Kier molecular flexibility index (Phi) is 6.24. The van der Waals surface area contributed by atoms with Crippen LogP contribution in [0.25, 0.3) is 5.57 Å². The fraction of sp³-hybridized carbons (Fsp3) is 0.316. The molecule has 164 valence electrons. The summed E-state index contributed by atoms with van der Waals surface area (Å²) < 4.78 is 4.90. The fourth-order valence-electron chi connectivity index (χ4n) is 3.92. The van der Waals surface area contributed by atoms with Crippen LogP contribution < -0.4 is 0 Å². The molecule has 2 unspecified atom stereocenters. The molecule has 0 heterocycles. The second-order valence-electron chi connectivity index (χ2n) is 6.65. The quantitative estimate of drug-likeness (QED) is 0.279. The smallest absolute Gasteiger partial charge is 0.332 e. The van der Waals surface area contributed by atoms with Crippen molar-refractivity contribution in [3.63, 3.8) is 0 Å². The minimum atomic E-state index is -2.92. The zero-order valence-electron chi connectivity index (χ0n) is 16.6. The first-order valence-corrected chi connectivity index (χ1v) is 8.92. The lowest BCUT2D eigenvalue weighted by molar-refractivity contribution is -0.420. The van der Waals surface area contributed by atoms with E-state index in [2.05, 4.69) is 0 Å². The molecule has 2 N–H and O–H groups in total. The number of para-hydroxylation sites is 1.